The van der Waals surface area contributed by atoms with E-state index in [9.17, 15) is 0 Å². The monoisotopic (exact) mass is 214 g/mol. The van der Waals surface area contributed by atoms with Gasteiger partial charge in [0.25, 0.3) is 0 Å². The van der Waals surface area contributed by atoms with Crippen LogP contribution in [0.15, 0.2) is 18.3 Å². The van der Waals surface area contributed by atoms with Crippen molar-refractivity contribution in [2.24, 2.45) is 11.8 Å². The molecule has 2 aliphatic heterocycles. The fraction of sp³-hybridized carbons (Fsp3) is 0.500. The summed E-state index contributed by atoms with van der Waals surface area (Å²) < 4.78 is 0. The molecule has 2 fully saturated rings. The van der Waals surface area contributed by atoms with Crippen LogP contribution in [0.1, 0.15) is 5.56 Å². The highest BCUT2D eigenvalue weighted by Gasteiger charge is 2.36. The lowest BCUT2D eigenvalue weighted by atomic mass is 10.0. The average Bonchev–Trinajstić information content (AvgIpc) is 2.89. The maximum atomic E-state index is 8.86. The Bertz CT molecular complexity index is 425. The predicted octanol–water partition coefficient (Wildman–Crippen LogP) is 0.609. The minimum absolute atomic E-state index is 0.695. The molecular weight excluding hydrogens is 200 g/mol. The van der Waals surface area contributed by atoms with Gasteiger partial charge >= 0.3 is 0 Å². The van der Waals surface area contributed by atoms with Crippen LogP contribution in [0.3, 0.4) is 0 Å². The van der Waals surface area contributed by atoms with E-state index < -0.39 is 0 Å². The normalized spacial score (nSPS) is 27.8. The number of fused-ring (bicyclic) bond motifs is 1. The van der Waals surface area contributed by atoms with E-state index >= 15 is 0 Å². The fourth-order valence-electron chi connectivity index (χ4n) is 2.70. The van der Waals surface area contributed by atoms with Crippen LogP contribution in [-0.4, -0.2) is 31.2 Å². The SMILES string of the molecule is N#Cc1ccnc(N2C[C@H]3CNC[C@H]3C2)c1. The zero-order chi connectivity index (χ0) is 11.0. The third-order valence-electron chi connectivity index (χ3n) is 3.59. The van der Waals surface area contributed by atoms with Gasteiger partial charge < -0.3 is 10.2 Å². The summed E-state index contributed by atoms with van der Waals surface area (Å²) in [6, 6.07) is 5.80. The molecule has 0 aliphatic carbocycles. The molecule has 82 valence electrons. The van der Waals surface area contributed by atoms with Crippen LogP contribution in [-0.2, 0) is 0 Å². The minimum Gasteiger partial charge on any atom is -0.356 e. The maximum Gasteiger partial charge on any atom is 0.129 e. The van der Waals surface area contributed by atoms with E-state index in [1.54, 1.807) is 12.3 Å². The van der Waals surface area contributed by atoms with Crippen LogP contribution < -0.4 is 10.2 Å². The molecule has 2 saturated heterocycles. The summed E-state index contributed by atoms with van der Waals surface area (Å²) in [5.41, 5.74) is 0.695. The third-order valence-corrected chi connectivity index (χ3v) is 3.59. The number of nitriles is 1. The lowest BCUT2D eigenvalue weighted by molar-refractivity contribution is 0.533. The molecule has 16 heavy (non-hydrogen) atoms. The molecule has 0 aromatic carbocycles. The second-order valence-corrected chi connectivity index (χ2v) is 4.60. The Morgan fingerprint density at radius 2 is 2.12 bits per heavy atom. The Kier molecular flexibility index (Phi) is 2.26. The molecule has 0 saturated carbocycles. The molecule has 1 N–H and O–H groups in total. The van der Waals surface area contributed by atoms with E-state index in [-0.39, 0.29) is 0 Å². The minimum atomic E-state index is 0.695. The number of nitrogens with zero attached hydrogens (tertiary/aromatic N) is 3. The van der Waals surface area contributed by atoms with Crippen molar-refractivity contribution in [1.29, 1.82) is 5.26 Å². The van der Waals surface area contributed by atoms with Crippen LogP contribution in [0.2, 0.25) is 0 Å². The van der Waals surface area contributed by atoms with Crippen LogP contribution in [0.4, 0.5) is 5.82 Å². The lowest BCUT2D eigenvalue weighted by Crippen LogP contribution is -2.26. The van der Waals surface area contributed by atoms with Gasteiger partial charge in [-0.1, -0.05) is 0 Å². The van der Waals surface area contributed by atoms with Crippen molar-refractivity contribution < 1.29 is 0 Å². The number of aromatic nitrogens is 1. The van der Waals surface area contributed by atoms with Gasteiger partial charge in [0, 0.05) is 32.4 Å². The first-order valence-electron chi connectivity index (χ1n) is 5.68. The largest absolute Gasteiger partial charge is 0.356 e. The molecule has 4 nitrogen and oxygen atoms in total. The Balaban J connectivity index is 1.81. The first-order valence-corrected chi connectivity index (χ1v) is 5.68. The topological polar surface area (TPSA) is 52.0 Å². The van der Waals surface area contributed by atoms with Gasteiger partial charge in [-0.25, -0.2) is 4.98 Å². The predicted molar refractivity (Wildman–Crippen MR) is 61.0 cm³/mol. The van der Waals surface area contributed by atoms with Crippen molar-refractivity contribution in [1.82, 2.24) is 10.3 Å². The summed E-state index contributed by atoms with van der Waals surface area (Å²) in [7, 11) is 0. The molecule has 0 amide bonds. The molecule has 4 heteroatoms. The molecular formula is C12H14N4. The summed E-state index contributed by atoms with van der Waals surface area (Å²) in [6.07, 6.45) is 1.72. The van der Waals surface area contributed by atoms with Gasteiger partial charge in [-0.05, 0) is 24.0 Å². The first kappa shape index (κ1) is 9.61. The molecule has 0 bridgehead atoms. The van der Waals surface area contributed by atoms with E-state index in [0.29, 0.717) is 5.56 Å². The average molecular weight is 214 g/mol. The van der Waals surface area contributed by atoms with E-state index in [1.165, 1.54) is 0 Å². The molecule has 2 atom stereocenters. The summed E-state index contributed by atoms with van der Waals surface area (Å²) in [5, 5.41) is 12.3. The second-order valence-electron chi connectivity index (χ2n) is 4.60. The van der Waals surface area contributed by atoms with Crippen molar-refractivity contribution in [3.8, 4) is 6.07 Å². The highest BCUT2D eigenvalue weighted by Crippen LogP contribution is 2.29. The highest BCUT2D eigenvalue weighted by molar-refractivity contribution is 5.46. The number of anilines is 1. The number of nitrogens with one attached hydrogen (secondary N) is 1. The molecule has 0 radical (unpaired) electrons. The number of pyridine rings is 1. The van der Waals surface area contributed by atoms with E-state index in [0.717, 1.165) is 43.8 Å². The smallest absolute Gasteiger partial charge is 0.129 e. The van der Waals surface area contributed by atoms with Crippen molar-refractivity contribution in [3.63, 3.8) is 0 Å². The summed E-state index contributed by atoms with van der Waals surface area (Å²) in [4.78, 5) is 6.65. The molecule has 0 unspecified atom stereocenters. The van der Waals surface area contributed by atoms with Gasteiger partial charge in [-0.3, -0.25) is 0 Å². The Labute approximate surface area is 94.9 Å². The Morgan fingerprint density at radius 1 is 1.38 bits per heavy atom. The van der Waals surface area contributed by atoms with Gasteiger partial charge in [0.2, 0.25) is 0 Å². The van der Waals surface area contributed by atoms with Crippen molar-refractivity contribution in [3.05, 3.63) is 23.9 Å². The van der Waals surface area contributed by atoms with Gasteiger partial charge in [0.1, 0.15) is 5.82 Å². The maximum absolute atomic E-state index is 8.86. The van der Waals surface area contributed by atoms with Crippen molar-refractivity contribution >= 4 is 5.82 Å². The quantitative estimate of drug-likeness (QED) is 0.744. The van der Waals surface area contributed by atoms with E-state index in [4.69, 9.17) is 5.26 Å². The molecule has 0 spiro atoms. The van der Waals surface area contributed by atoms with Crippen molar-refractivity contribution in [2.75, 3.05) is 31.1 Å². The molecule has 1 aromatic rings. The van der Waals surface area contributed by atoms with Crippen LogP contribution >= 0.6 is 0 Å². The third kappa shape index (κ3) is 1.54. The fourth-order valence-corrected chi connectivity index (χ4v) is 2.70. The van der Waals surface area contributed by atoms with Gasteiger partial charge in [0.15, 0.2) is 0 Å². The molecule has 3 rings (SSSR count). The second kappa shape index (κ2) is 3.76. The summed E-state index contributed by atoms with van der Waals surface area (Å²) in [6.45, 7) is 4.39. The first-order chi connectivity index (χ1) is 7.86. The van der Waals surface area contributed by atoms with Crippen LogP contribution in [0.25, 0.3) is 0 Å². The van der Waals surface area contributed by atoms with E-state index in [2.05, 4.69) is 21.3 Å². The van der Waals surface area contributed by atoms with Gasteiger partial charge in [-0.15, -0.1) is 0 Å². The summed E-state index contributed by atoms with van der Waals surface area (Å²) in [5.74, 6) is 2.47. The zero-order valence-corrected chi connectivity index (χ0v) is 9.06. The standard InChI is InChI=1S/C12H14N4/c13-4-9-1-2-15-12(3-9)16-7-10-5-14-6-11(10)8-16/h1-3,10-11,14H,5-8H2/t10-,11+. The molecule has 1 aromatic heterocycles. The number of hydrogen-bond acceptors (Lipinski definition) is 4. The van der Waals surface area contributed by atoms with Crippen molar-refractivity contribution in [2.45, 2.75) is 0 Å². The molecule has 2 aliphatic rings. The number of hydrogen-bond donors (Lipinski definition) is 1. The zero-order valence-electron chi connectivity index (χ0n) is 9.06. The van der Waals surface area contributed by atoms with E-state index in [1.807, 2.05) is 6.07 Å². The van der Waals surface area contributed by atoms with Crippen LogP contribution in [0, 0.1) is 23.2 Å². The van der Waals surface area contributed by atoms with Gasteiger partial charge in [0.05, 0.1) is 11.6 Å². The highest BCUT2D eigenvalue weighted by atomic mass is 15.2. The Morgan fingerprint density at radius 3 is 2.81 bits per heavy atom. The lowest BCUT2D eigenvalue weighted by Gasteiger charge is -2.18. The van der Waals surface area contributed by atoms with Crippen LogP contribution in [0.5, 0.6) is 0 Å². The summed E-state index contributed by atoms with van der Waals surface area (Å²) >= 11 is 0. The number of rotatable bonds is 1. The van der Waals surface area contributed by atoms with Gasteiger partial charge in [-0.2, -0.15) is 5.26 Å². The Hall–Kier alpha value is -1.60. The molecule has 3 heterocycles.